The van der Waals surface area contributed by atoms with Crippen LogP contribution in [0.25, 0.3) is 11.2 Å². The minimum Gasteiger partial charge on any atom is -0.422 e. The number of aryl methyl sites for hydroxylation is 1. The summed E-state index contributed by atoms with van der Waals surface area (Å²) in [6.07, 6.45) is 7.61. The van der Waals surface area contributed by atoms with Crippen LogP contribution < -0.4 is 10.2 Å². The monoisotopic (exact) mass is 366 g/mol. The third kappa shape index (κ3) is 4.21. The zero-order chi connectivity index (χ0) is 18.6. The summed E-state index contributed by atoms with van der Waals surface area (Å²) in [4.78, 5) is 31.5. The molecule has 1 saturated heterocycles. The van der Waals surface area contributed by atoms with Gasteiger partial charge in [0.15, 0.2) is 5.58 Å². The highest BCUT2D eigenvalue weighted by Gasteiger charge is 2.25. The summed E-state index contributed by atoms with van der Waals surface area (Å²) in [6, 6.07) is 4.28. The van der Waals surface area contributed by atoms with Crippen LogP contribution in [-0.4, -0.2) is 38.9 Å². The van der Waals surface area contributed by atoms with E-state index in [2.05, 4.69) is 30.2 Å². The molecule has 1 aliphatic rings. The van der Waals surface area contributed by atoms with Gasteiger partial charge in [0.25, 0.3) is 6.01 Å². The Bertz CT molecular complexity index is 890. The summed E-state index contributed by atoms with van der Waals surface area (Å²) < 4.78 is 5.81. The standard InChI is InChI=1S/C19H22N6O2/c1-13-9-22-15(10-21-13)11-23-17(26)8-14-4-3-7-25(12-14)19-24-18-16(27-19)5-2-6-20-18/h2,5-6,9-10,14H,3-4,7-8,11-12H2,1H3,(H,23,26). The lowest BCUT2D eigenvalue weighted by atomic mass is 9.94. The largest absolute Gasteiger partial charge is 0.422 e. The van der Waals surface area contributed by atoms with Crippen LogP contribution in [-0.2, 0) is 11.3 Å². The molecule has 1 N–H and O–H groups in total. The number of nitrogens with one attached hydrogen (secondary N) is 1. The second-order valence-corrected chi connectivity index (χ2v) is 6.91. The number of rotatable bonds is 5. The fraction of sp³-hybridized carbons (Fsp3) is 0.421. The zero-order valence-electron chi connectivity index (χ0n) is 15.3. The Hall–Kier alpha value is -3.03. The molecule has 8 nitrogen and oxygen atoms in total. The van der Waals surface area contributed by atoms with Gasteiger partial charge in [0.05, 0.1) is 24.1 Å². The van der Waals surface area contributed by atoms with Crippen LogP contribution in [0.2, 0.25) is 0 Å². The number of pyridine rings is 1. The summed E-state index contributed by atoms with van der Waals surface area (Å²) in [5.41, 5.74) is 2.93. The summed E-state index contributed by atoms with van der Waals surface area (Å²) >= 11 is 0. The van der Waals surface area contributed by atoms with Gasteiger partial charge in [-0.25, -0.2) is 4.98 Å². The Balaban J connectivity index is 1.32. The Morgan fingerprint density at radius 2 is 2.26 bits per heavy atom. The van der Waals surface area contributed by atoms with Gasteiger partial charge in [-0.15, -0.1) is 0 Å². The van der Waals surface area contributed by atoms with Gasteiger partial charge >= 0.3 is 0 Å². The van der Waals surface area contributed by atoms with Crippen LogP contribution in [0.5, 0.6) is 0 Å². The molecule has 4 heterocycles. The summed E-state index contributed by atoms with van der Waals surface area (Å²) in [6.45, 7) is 3.92. The van der Waals surface area contributed by atoms with E-state index in [0.29, 0.717) is 30.2 Å². The maximum absolute atomic E-state index is 12.3. The highest BCUT2D eigenvalue weighted by Crippen LogP contribution is 2.26. The van der Waals surface area contributed by atoms with Crippen molar-refractivity contribution in [1.82, 2.24) is 25.3 Å². The van der Waals surface area contributed by atoms with Crippen molar-refractivity contribution >= 4 is 23.2 Å². The number of fused-ring (bicyclic) bond motifs is 1. The minimum atomic E-state index is 0.0310. The van der Waals surface area contributed by atoms with Gasteiger partial charge in [-0.05, 0) is 37.8 Å². The molecule has 0 saturated carbocycles. The second-order valence-electron chi connectivity index (χ2n) is 6.91. The molecule has 0 spiro atoms. The van der Waals surface area contributed by atoms with Crippen molar-refractivity contribution in [2.45, 2.75) is 32.7 Å². The summed E-state index contributed by atoms with van der Waals surface area (Å²) in [5.74, 6) is 0.300. The molecule has 0 bridgehead atoms. The second kappa shape index (κ2) is 7.69. The van der Waals surface area contributed by atoms with Crippen LogP contribution in [0, 0.1) is 12.8 Å². The average Bonchev–Trinajstić information content (AvgIpc) is 3.12. The smallest absolute Gasteiger partial charge is 0.299 e. The number of aromatic nitrogens is 4. The Kier molecular flexibility index (Phi) is 4.95. The SMILES string of the molecule is Cc1cnc(CNC(=O)CC2CCCN(c3nc4ncccc4o3)C2)cn1. The first-order valence-corrected chi connectivity index (χ1v) is 9.18. The lowest BCUT2D eigenvalue weighted by Crippen LogP contribution is -2.38. The van der Waals surface area contributed by atoms with Crippen LogP contribution in [0.1, 0.15) is 30.7 Å². The summed E-state index contributed by atoms with van der Waals surface area (Å²) in [7, 11) is 0. The van der Waals surface area contributed by atoms with Crippen LogP contribution in [0.3, 0.4) is 0 Å². The van der Waals surface area contributed by atoms with Gasteiger partial charge in [0.1, 0.15) is 0 Å². The molecule has 1 aliphatic heterocycles. The maximum atomic E-state index is 12.3. The molecule has 1 fully saturated rings. The van der Waals surface area contributed by atoms with Gasteiger partial charge in [0, 0.05) is 31.9 Å². The first-order chi connectivity index (χ1) is 13.2. The molecule has 8 heteroatoms. The average molecular weight is 366 g/mol. The summed E-state index contributed by atoms with van der Waals surface area (Å²) in [5, 5.41) is 2.93. The van der Waals surface area contributed by atoms with E-state index in [1.165, 1.54) is 0 Å². The predicted octanol–water partition coefficient (Wildman–Crippen LogP) is 2.24. The molecule has 1 amide bonds. The van der Waals surface area contributed by atoms with E-state index >= 15 is 0 Å². The molecule has 0 radical (unpaired) electrons. The van der Waals surface area contributed by atoms with Gasteiger partial charge in [-0.1, -0.05) is 0 Å². The number of amides is 1. The first-order valence-electron chi connectivity index (χ1n) is 9.18. The lowest BCUT2D eigenvalue weighted by molar-refractivity contribution is -0.122. The van der Waals surface area contributed by atoms with E-state index in [-0.39, 0.29) is 11.8 Å². The van der Waals surface area contributed by atoms with E-state index in [9.17, 15) is 4.79 Å². The zero-order valence-corrected chi connectivity index (χ0v) is 15.3. The topological polar surface area (TPSA) is 97.0 Å². The number of hydrogen-bond acceptors (Lipinski definition) is 7. The van der Waals surface area contributed by atoms with Crippen molar-refractivity contribution < 1.29 is 9.21 Å². The number of hydrogen-bond donors (Lipinski definition) is 1. The van der Waals surface area contributed by atoms with E-state index in [4.69, 9.17) is 4.42 Å². The third-order valence-electron chi connectivity index (χ3n) is 4.72. The van der Waals surface area contributed by atoms with Crippen molar-refractivity contribution in [1.29, 1.82) is 0 Å². The van der Waals surface area contributed by atoms with Gasteiger partial charge in [0.2, 0.25) is 11.6 Å². The fourth-order valence-corrected chi connectivity index (χ4v) is 3.33. The third-order valence-corrected chi connectivity index (χ3v) is 4.72. The number of nitrogens with zero attached hydrogens (tertiary/aromatic N) is 5. The van der Waals surface area contributed by atoms with Crippen LogP contribution in [0.15, 0.2) is 35.1 Å². The van der Waals surface area contributed by atoms with Gasteiger partial charge in [-0.3, -0.25) is 14.8 Å². The maximum Gasteiger partial charge on any atom is 0.299 e. The van der Waals surface area contributed by atoms with E-state index in [0.717, 1.165) is 37.3 Å². The number of carbonyl (C=O) groups excluding carboxylic acids is 1. The molecule has 1 atom stereocenters. The molecule has 3 aromatic rings. The predicted molar refractivity (Wildman–Crippen MR) is 100.0 cm³/mol. The highest BCUT2D eigenvalue weighted by molar-refractivity contribution is 5.76. The molecule has 0 aliphatic carbocycles. The number of piperidine rings is 1. The van der Waals surface area contributed by atoms with Crippen LogP contribution >= 0.6 is 0 Å². The quantitative estimate of drug-likeness (QED) is 0.739. The Morgan fingerprint density at radius 1 is 1.33 bits per heavy atom. The minimum absolute atomic E-state index is 0.0310. The molecule has 4 rings (SSSR count). The Labute approximate surface area is 157 Å². The first kappa shape index (κ1) is 17.4. The van der Waals surface area contributed by atoms with E-state index in [1.807, 2.05) is 19.1 Å². The van der Waals surface area contributed by atoms with E-state index < -0.39 is 0 Å². The molecular weight excluding hydrogens is 344 g/mol. The number of carbonyl (C=O) groups is 1. The number of oxazole rings is 1. The molecule has 1 unspecified atom stereocenters. The molecule has 0 aromatic carbocycles. The molecule has 3 aromatic heterocycles. The fourth-order valence-electron chi connectivity index (χ4n) is 3.33. The highest BCUT2D eigenvalue weighted by atomic mass is 16.4. The van der Waals surface area contributed by atoms with E-state index in [1.54, 1.807) is 18.6 Å². The lowest BCUT2D eigenvalue weighted by Gasteiger charge is -2.31. The van der Waals surface area contributed by atoms with Crippen molar-refractivity contribution in [2.24, 2.45) is 5.92 Å². The molecular formula is C19H22N6O2. The van der Waals surface area contributed by atoms with Gasteiger partial charge in [-0.2, -0.15) is 4.98 Å². The van der Waals surface area contributed by atoms with Crippen molar-refractivity contribution in [3.05, 3.63) is 42.1 Å². The van der Waals surface area contributed by atoms with Crippen molar-refractivity contribution in [2.75, 3.05) is 18.0 Å². The Morgan fingerprint density at radius 3 is 3.07 bits per heavy atom. The molecule has 27 heavy (non-hydrogen) atoms. The van der Waals surface area contributed by atoms with Crippen molar-refractivity contribution in [3.8, 4) is 0 Å². The number of anilines is 1. The van der Waals surface area contributed by atoms with Crippen molar-refractivity contribution in [3.63, 3.8) is 0 Å². The van der Waals surface area contributed by atoms with Gasteiger partial charge < -0.3 is 14.6 Å². The molecule has 140 valence electrons. The normalized spacial score (nSPS) is 17.2. The van der Waals surface area contributed by atoms with Crippen LogP contribution in [0.4, 0.5) is 6.01 Å².